The molecule has 1 saturated carbocycles. The summed E-state index contributed by atoms with van der Waals surface area (Å²) < 4.78 is 0. The molecule has 0 aliphatic heterocycles. The van der Waals surface area contributed by atoms with E-state index in [2.05, 4.69) is 12.4 Å². The summed E-state index contributed by atoms with van der Waals surface area (Å²) in [6.07, 6.45) is 10.8. The Hall–Kier alpha value is -0.410. The third-order valence-corrected chi connectivity index (χ3v) is 5.57. The highest BCUT2D eigenvalue weighted by molar-refractivity contribution is 7.11. The fourth-order valence-corrected chi connectivity index (χ4v) is 4.58. The maximum Gasteiger partial charge on any atom is 0.0962 e. The molecule has 0 aromatic carbocycles. The minimum absolute atomic E-state index is 0.521. The van der Waals surface area contributed by atoms with E-state index in [4.69, 9.17) is 4.98 Å². The average molecular weight is 250 g/mol. The van der Waals surface area contributed by atoms with Gasteiger partial charge in [-0.25, -0.2) is 4.98 Å². The second kappa shape index (κ2) is 5.07. The van der Waals surface area contributed by atoms with Gasteiger partial charge in [0.05, 0.1) is 16.7 Å². The lowest BCUT2D eigenvalue weighted by Crippen LogP contribution is -2.21. The summed E-state index contributed by atoms with van der Waals surface area (Å²) in [5.74, 6) is 0.775. The standard InChI is InChI=1S/C14H22N2S/c1-15-11-8-5-9-12-13(11)16-14(17-12)10-6-3-2-4-7-10/h10-11,15H,2-9H2,1H3. The van der Waals surface area contributed by atoms with Gasteiger partial charge >= 0.3 is 0 Å². The van der Waals surface area contributed by atoms with Gasteiger partial charge < -0.3 is 5.32 Å². The Morgan fingerprint density at radius 1 is 1.12 bits per heavy atom. The number of rotatable bonds is 2. The molecular formula is C14H22N2S. The SMILES string of the molecule is CNC1CCCc2sc(C3CCCCC3)nc21. The minimum Gasteiger partial charge on any atom is -0.312 e. The Balaban J connectivity index is 1.84. The van der Waals surface area contributed by atoms with Gasteiger partial charge in [-0.15, -0.1) is 11.3 Å². The molecule has 0 saturated heterocycles. The smallest absolute Gasteiger partial charge is 0.0962 e. The lowest BCUT2D eigenvalue weighted by molar-refractivity contribution is 0.438. The van der Waals surface area contributed by atoms with E-state index in [1.165, 1.54) is 62.1 Å². The molecule has 1 N–H and O–H groups in total. The van der Waals surface area contributed by atoms with E-state index in [1.54, 1.807) is 4.88 Å². The van der Waals surface area contributed by atoms with Crippen LogP contribution in [0.5, 0.6) is 0 Å². The van der Waals surface area contributed by atoms with Gasteiger partial charge in [0.1, 0.15) is 0 Å². The van der Waals surface area contributed by atoms with Crippen molar-refractivity contribution in [1.29, 1.82) is 0 Å². The molecule has 2 aliphatic rings. The van der Waals surface area contributed by atoms with E-state index >= 15 is 0 Å². The maximum absolute atomic E-state index is 4.98. The zero-order valence-electron chi connectivity index (χ0n) is 10.7. The molecule has 0 spiro atoms. The van der Waals surface area contributed by atoms with E-state index in [0.29, 0.717) is 6.04 Å². The summed E-state index contributed by atoms with van der Waals surface area (Å²) in [4.78, 5) is 6.55. The van der Waals surface area contributed by atoms with Gasteiger partial charge in [-0.3, -0.25) is 0 Å². The van der Waals surface area contributed by atoms with Gasteiger partial charge in [-0.05, 0) is 39.2 Å². The van der Waals surface area contributed by atoms with Crippen molar-refractivity contribution in [2.75, 3.05) is 7.05 Å². The normalized spacial score (nSPS) is 25.8. The van der Waals surface area contributed by atoms with Crippen LogP contribution >= 0.6 is 11.3 Å². The van der Waals surface area contributed by atoms with Crippen molar-refractivity contribution >= 4 is 11.3 Å². The molecule has 94 valence electrons. The fourth-order valence-electron chi connectivity index (χ4n) is 3.24. The molecule has 1 aromatic heterocycles. The molecule has 1 aromatic rings. The molecule has 0 amide bonds. The number of fused-ring (bicyclic) bond motifs is 1. The van der Waals surface area contributed by atoms with Crippen LogP contribution in [0.25, 0.3) is 0 Å². The summed E-state index contributed by atoms with van der Waals surface area (Å²) in [5.41, 5.74) is 1.38. The van der Waals surface area contributed by atoms with E-state index in [0.717, 1.165) is 5.92 Å². The summed E-state index contributed by atoms with van der Waals surface area (Å²) in [5, 5.41) is 4.86. The van der Waals surface area contributed by atoms with Crippen LogP contribution in [-0.2, 0) is 6.42 Å². The first kappa shape index (κ1) is 11.7. The number of thiazole rings is 1. The second-order valence-electron chi connectivity index (χ2n) is 5.43. The number of nitrogens with one attached hydrogen (secondary N) is 1. The minimum atomic E-state index is 0.521. The first-order valence-electron chi connectivity index (χ1n) is 7.05. The van der Waals surface area contributed by atoms with Gasteiger partial charge in [0.25, 0.3) is 0 Å². The predicted molar refractivity (Wildman–Crippen MR) is 72.7 cm³/mol. The van der Waals surface area contributed by atoms with Crippen molar-refractivity contribution in [2.45, 2.75) is 63.3 Å². The second-order valence-corrected chi connectivity index (χ2v) is 6.54. The molecule has 2 nitrogen and oxygen atoms in total. The Kier molecular flexibility index (Phi) is 3.48. The maximum atomic E-state index is 4.98. The van der Waals surface area contributed by atoms with Crippen molar-refractivity contribution < 1.29 is 0 Å². The van der Waals surface area contributed by atoms with Crippen molar-refractivity contribution in [3.63, 3.8) is 0 Å². The molecule has 17 heavy (non-hydrogen) atoms. The van der Waals surface area contributed by atoms with Gasteiger partial charge in [-0.2, -0.15) is 0 Å². The van der Waals surface area contributed by atoms with Gasteiger partial charge in [-0.1, -0.05) is 19.3 Å². The van der Waals surface area contributed by atoms with Crippen molar-refractivity contribution in [2.24, 2.45) is 0 Å². The van der Waals surface area contributed by atoms with Crippen LogP contribution in [-0.4, -0.2) is 12.0 Å². The van der Waals surface area contributed by atoms with Gasteiger partial charge in [0.2, 0.25) is 0 Å². The molecular weight excluding hydrogens is 228 g/mol. The van der Waals surface area contributed by atoms with E-state index < -0.39 is 0 Å². The average Bonchev–Trinajstić information content (AvgIpc) is 2.83. The summed E-state index contributed by atoms with van der Waals surface area (Å²) in [6.45, 7) is 0. The zero-order chi connectivity index (χ0) is 11.7. The topological polar surface area (TPSA) is 24.9 Å². The largest absolute Gasteiger partial charge is 0.312 e. The molecule has 3 heteroatoms. The third kappa shape index (κ3) is 2.27. The molecule has 3 rings (SSSR count). The van der Waals surface area contributed by atoms with Crippen molar-refractivity contribution in [3.8, 4) is 0 Å². The molecule has 0 bridgehead atoms. The first-order chi connectivity index (χ1) is 8.38. The van der Waals surface area contributed by atoms with Crippen LogP contribution in [0.1, 0.15) is 72.5 Å². The Morgan fingerprint density at radius 2 is 1.94 bits per heavy atom. The summed E-state index contributed by atoms with van der Waals surface area (Å²) in [6, 6.07) is 0.521. The molecule has 0 radical (unpaired) electrons. The fraction of sp³-hybridized carbons (Fsp3) is 0.786. The first-order valence-corrected chi connectivity index (χ1v) is 7.87. The number of hydrogen-bond acceptors (Lipinski definition) is 3. The lowest BCUT2D eigenvalue weighted by atomic mass is 9.90. The lowest BCUT2D eigenvalue weighted by Gasteiger charge is -2.20. The number of nitrogens with zero attached hydrogens (tertiary/aromatic N) is 1. The molecule has 2 aliphatic carbocycles. The van der Waals surface area contributed by atoms with E-state index in [9.17, 15) is 0 Å². The number of hydrogen-bond donors (Lipinski definition) is 1. The molecule has 1 heterocycles. The Morgan fingerprint density at radius 3 is 2.71 bits per heavy atom. The molecule has 1 unspecified atom stereocenters. The quantitative estimate of drug-likeness (QED) is 0.864. The van der Waals surface area contributed by atoms with Crippen LogP contribution < -0.4 is 5.32 Å². The highest BCUT2D eigenvalue weighted by Crippen LogP contribution is 2.39. The van der Waals surface area contributed by atoms with Gasteiger partial charge in [0.15, 0.2) is 0 Å². The van der Waals surface area contributed by atoms with Crippen molar-refractivity contribution in [3.05, 3.63) is 15.6 Å². The molecule has 1 fully saturated rings. The number of aromatic nitrogens is 1. The van der Waals surface area contributed by atoms with E-state index in [1.807, 2.05) is 11.3 Å². The Bertz CT molecular complexity index is 380. The monoisotopic (exact) mass is 250 g/mol. The molecule has 1 atom stereocenters. The highest BCUT2D eigenvalue weighted by Gasteiger charge is 2.26. The van der Waals surface area contributed by atoms with Crippen LogP contribution in [0.3, 0.4) is 0 Å². The van der Waals surface area contributed by atoms with E-state index in [-0.39, 0.29) is 0 Å². The van der Waals surface area contributed by atoms with Crippen molar-refractivity contribution in [1.82, 2.24) is 10.3 Å². The van der Waals surface area contributed by atoms with Crippen LogP contribution in [0.2, 0.25) is 0 Å². The number of aryl methyl sites for hydroxylation is 1. The Labute approximate surface area is 108 Å². The summed E-state index contributed by atoms with van der Waals surface area (Å²) in [7, 11) is 2.07. The zero-order valence-corrected chi connectivity index (χ0v) is 11.5. The third-order valence-electron chi connectivity index (χ3n) is 4.27. The highest BCUT2D eigenvalue weighted by atomic mass is 32.1. The summed E-state index contributed by atoms with van der Waals surface area (Å²) >= 11 is 2.01. The van der Waals surface area contributed by atoms with Crippen LogP contribution in [0.4, 0.5) is 0 Å². The van der Waals surface area contributed by atoms with Crippen LogP contribution in [0.15, 0.2) is 0 Å². The van der Waals surface area contributed by atoms with Crippen LogP contribution in [0, 0.1) is 0 Å². The van der Waals surface area contributed by atoms with Gasteiger partial charge in [0, 0.05) is 10.8 Å². The predicted octanol–water partition coefficient (Wildman–Crippen LogP) is 3.79.